The van der Waals surface area contributed by atoms with Crippen LogP contribution in [0.3, 0.4) is 0 Å². The summed E-state index contributed by atoms with van der Waals surface area (Å²) in [6.07, 6.45) is 0.848. The molecule has 94 valence electrons. The fourth-order valence-electron chi connectivity index (χ4n) is 1.74. The van der Waals surface area contributed by atoms with Crippen molar-refractivity contribution >= 4 is 6.16 Å². The van der Waals surface area contributed by atoms with E-state index in [4.69, 9.17) is 9.47 Å². The predicted molar refractivity (Wildman–Crippen MR) is 66.8 cm³/mol. The summed E-state index contributed by atoms with van der Waals surface area (Å²) < 4.78 is 10.2. The van der Waals surface area contributed by atoms with E-state index in [-0.39, 0.29) is 12.2 Å². The summed E-state index contributed by atoms with van der Waals surface area (Å²) in [5.74, 6) is 0. The highest BCUT2D eigenvalue weighted by atomic mass is 16.7. The molecule has 0 aromatic heterocycles. The molecule has 1 fully saturated rings. The molecule has 17 heavy (non-hydrogen) atoms. The van der Waals surface area contributed by atoms with Crippen LogP contribution in [0.5, 0.6) is 0 Å². The largest absolute Gasteiger partial charge is 0.509 e. The molecular formula is C14H20O3. The van der Waals surface area contributed by atoms with Crippen molar-refractivity contribution in [1.82, 2.24) is 0 Å². The molecule has 2 atom stereocenters. The van der Waals surface area contributed by atoms with Gasteiger partial charge in [-0.2, -0.15) is 0 Å². The normalized spacial score (nSPS) is 22.9. The second kappa shape index (κ2) is 6.94. The zero-order valence-corrected chi connectivity index (χ0v) is 10.7. The molecule has 1 heterocycles. The highest BCUT2D eigenvalue weighted by molar-refractivity contribution is 5.61. The minimum Gasteiger partial charge on any atom is -0.431 e. The van der Waals surface area contributed by atoms with Crippen LogP contribution in [0.4, 0.5) is 4.79 Å². The molecule has 0 N–H and O–H groups in total. The topological polar surface area (TPSA) is 35.5 Å². The third kappa shape index (κ3) is 3.77. The van der Waals surface area contributed by atoms with Gasteiger partial charge in [0.15, 0.2) is 0 Å². The Labute approximate surface area is 103 Å². The lowest BCUT2D eigenvalue weighted by atomic mass is 10.0. The van der Waals surface area contributed by atoms with E-state index in [2.05, 4.69) is 0 Å². The first-order chi connectivity index (χ1) is 8.29. The molecular weight excluding hydrogens is 216 g/mol. The lowest BCUT2D eigenvalue weighted by Crippen LogP contribution is -2.29. The van der Waals surface area contributed by atoms with Crippen molar-refractivity contribution in [2.45, 2.75) is 45.8 Å². The SMILES string of the molecule is CC.CCC1CC(c2ccccc2)OC(=O)O1. The van der Waals surface area contributed by atoms with Crippen LogP contribution in [0, 0.1) is 0 Å². The molecule has 1 aliphatic heterocycles. The van der Waals surface area contributed by atoms with Gasteiger partial charge in [0.1, 0.15) is 12.2 Å². The number of carbonyl (C=O) groups excluding carboxylic acids is 1. The number of ether oxygens (including phenoxy) is 2. The van der Waals surface area contributed by atoms with Crippen molar-refractivity contribution in [2.24, 2.45) is 0 Å². The number of rotatable bonds is 2. The minimum atomic E-state index is -0.554. The van der Waals surface area contributed by atoms with E-state index in [0.29, 0.717) is 0 Å². The second-order valence-electron chi connectivity index (χ2n) is 3.65. The maximum atomic E-state index is 11.2. The van der Waals surface area contributed by atoms with Crippen LogP contribution in [0.1, 0.15) is 45.3 Å². The zero-order chi connectivity index (χ0) is 12.7. The lowest BCUT2D eigenvalue weighted by molar-refractivity contribution is -0.0619. The van der Waals surface area contributed by atoms with Gasteiger partial charge in [-0.05, 0) is 12.0 Å². The van der Waals surface area contributed by atoms with Crippen molar-refractivity contribution in [3.63, 3.8) is 0 Å². The molecule has 1 saturated heterocycles. The molecule has 1 aromatic carbocycles. The second-order valence-corrected chi connectivity index (χ2v) is 3.65. The Morgan fingerprint density at radius 1 is 1.18 bits per heavy atom. The summed E-state index contributed by atoms with van der Waals surface area (Å²) in [7, 11) is 0. The van der Waals surface area contributed by atoms with Crippen molar-refractivity contribution in [3.05, 3.63) is 35.9 Å². The summed E-state index contributed by atoms with van der Waals surface area (Å²) in [5, 5.41) is 0. The molecule has 0 spiro atoms. The first-order valence-corrected chi connectivity index (χ1v) is 6.21. The number of hydrogen-bond acceptors (Lipinski definition) is 3. The molecule has 0 saturated carbocycles. The van der Waals surface area contributed by atoms with Gasteiger partial charge in [0.2, 0.25) is 0 Å². The zero-order valence-electron chi connectivity index (χ0n) is 10.7. The van der Waals surface area contributed by atoms with Crippen LogP contribution < -0.4 is 0 Å². The average Bonchev–Trinajstić information content (AvgIpc) is 2.41. The highest BCUT2D eigenvalue weighted by Gasteiger charge is 2.29. The Hall–Kier alpha value is -1.51. The average molecular weight is 236 g/mol. The van der Waals surface area contributed by atoms with Gasteiger partial charge in [0.05, 0.1) is 0 Å². The number of carbonyl (C=O) groups is 1. The molecule has 1 aliphatic rings. The van der Waals surface area contributed by atoms with Crippen molar-refractivity contribution in [2.75, 3.05) is 0 Å². The van der Waals surface area contributed by atoms with Crippen LogP contribution >= 0.6 is 0 Å². The smallest absolute Gasteiger partial charge is 0.431 e. The molecule has 0 radical (unpaired) electrons. The van der Waals surface area contributed by atoms with E-state index in [1.165, 1.54) is 0 Å². The predicted octanol–water partition coefficient (Wildman–Crippen LogP) is 4.09. The summed E-state index contributed by atoms with van der Waals surface area (Å²) in [6.45, 7) is 6.01. The van der Waals surface area contributed by atoms with Crippen molar-refractivity contribution in [3.8, 4) is 0 Å². The Morgan fingerprint density at radius 2 is 1.82 bits per heavy atom. The van der Waals surface area contributed by atoms with E-state index < -0.39 is 6.16 Å². The van der Waals surface area contributed by atoms with Crippen LogP contribution in [-0.2, 0) is 9.47 Å². The molecule has 3 nitrogen and oxygen atoms in total. The Balaban J connectivity index is 0.000000686. The van der Waals surface area contributed by atoms with E-state index >= 15 is 0 Å². The van der Waals surface area contributed by atoms with E-state index in [0.717, 1.165) is 18.4 Å². The first kappa shape index (κ1) is 13.6. The molecule has 0 aliphatic carbocycles. The Bertz CT molecular complexity index is 335. The van der Waals surface area contributed by atoms with E-state index in [1.807, 2.05) is 51.1 Å². The van der Waals surface area contributed by atoms with Crippen molar-refractivity contribution < 1.29 is 14.3 Å². The van der Waals surface area contributed by atoms with Crippen molar-refractivity contribution in [1.29, 1.82) is 0 Å². The van der Waals surface area contributed by atoms with Crippen LogP contribution in [0.2, 0.25) is 0 Å². The Kier molecular flexibility index (Phi) is 5.53. The van der Waals surface area contributed by atoms with Gasteiger partial charge in [-0.25, -0.2) is 4.79 Å². The third-order valence-corrected chi connectivity index (χ3v) is 2.61. The van der Waals surface area contributed by atoms with Crippen LogP contribution in [-0.4, -0.2) is 12.3 Å². The minimum absolute atomic E-state index is 0.0172. The first-order valence-electron chi connectivity index (χ1n) is 6.21. The summed E-state index contributed by atoms with van der Waals surface area (Å²) >= 11 is 0. The quantitative estimate of drug-likeness (QED) is 0.725. The van der Waals surface area contributed by atoms with Gasteiger partial charge in [-0.3, -0.25) is 0 Å². The number of cyclic esters (lactones) is 2. The number of benzene rings is 1. The maximum absolute atomic E-state index is 11.2. The van der Waals surface area contributed by atoms with Gasteiger partial charge in [0, 0.05) is 6.42 Å². The monoisotopic (exact) mass is 236 g/mol. The van der Waals surface area contributed by atoms with Gasteiger partial charge in [-0.1, -0.05) is 51.1 Å². The fraction of sp³-hybridized carbons (Fsp3) is 0.500. The molecule has 2 unspecified atom stereocenters. The van der Waals surface area contributed by atoms with Gasteiger partial charge < -0.3 is 9.47 Å². The highest BCUT2D eigenvalue weighted by Crippen LogP contribution is 2.29. The van der Waals surface area contributed by atoms with Gasteiger partial charge >= 0.3 is 6.16 Å². The fourth-order valence-corrected chi connectivity index (χ4v) is 1.74. The molecule has 3 heteroatoms. The lowest BCUT2D eigenvalue weighted by Gasteiger charge is -2.28. The summed E-state index contributed by atoms with van der Waals surface area (Å²) in [5.41, 5.74) is 1.03. The standard InChI is InChI=1S/C12H14O3.C2H6/c1-2-10-8-11(15-12(13)14-10)9-6-4-3-5-7-9;1-2/h3-7,10-11H,2,8H2,1H3;1-2H3. The Morgan fingerprint density at radius 3 is 2.41 bits per heavy atom. The number of hydrogen-bond donors (Lipinski definition) is 0. The summed E-state index contributed by atoms with van der Waals surface area (Å²) in [6, 6.07) is 9.77. The molecule has 0 amide bonds. The maximum Gasteiger partial charge on any atom is 0.509 e. The van der Waals surface area contributed by atoms with E-state index in [9.17, 15) is 4.79 Å². The molecule has 0 bridgehead atoms. The van der Waals surface area contributed by atoms with Gasteiger partial charge in [0.25, 0.3) is 0 Å². The van der Waals surface area contributed by atoms with Gasteiger partial charge in [-0.15, -0.1) is 0 Å². The molecule has 1 aromatic rings. The summed E-state index contributed by atoms with van der Waals surface area (Å²) in [4.78, 5) is 11.2. The van der Waals surface area contributed by atoms with Crippen LogP contribution in [0.15, 0.2) is 30.3 Å². The van der Waals surface area contributed by atoms with Crippen LogP contribution in [0.25, 0.3) is 0 Å². The third-order valence-electron chi connectivity index (χ3n) is 2.61. The molecule has 2 rings (SSSR count). The van der Waals surface area contributed by atoms with E-state index in [1.54, 1.807) is 0 Å².